The van der Waals surface area contributed by atoms with Gasteiger partial charge in [0.05, 0.1) is 0 Å². The highest BCUT2D eigenvalue weighted by Crippen LogP contribution is 2.38. The van der Waals surface area contributed by atoms with E-state index in [-0.39, 0.29) is 0 Å². The van der Waals surface area contributed by atoms with Crippen LogP contribution >= 0.6 is 15.9 Å². The van der Waals surface area contributed by atoms with Crippen LogP contribution in [0.4, 0.5) is 0 Å². The van der Waals surface area contributed by atoms with E-state index in [1.165, 1.54) is 31.2 Å². The van der Waals surface area contributed by atoms with Gasteiger partial charge in [-0.15, -0.1) is 0 Å². The van der Waals surface area contributed by atoms with Crippen molar-refractivity contribution in [2.24, 2.45) is 11.3 Å². The van der Waals surface area contributed by atoms with Crippen LogP contribution in [0.5, 0.6) is 0 Å². The first-order chi connectivity index (χ1) is 9.38. The zero-order valence-corrected chi connectivity index (χ0v) is 14.8. The van der Waals surface area contributed by atoms with E-state index in [2.05, 4.69) is 73.2 Å². The Balaban J connectivity index is 2.05. The SMILES string of the molecule is CC(NC1CCCCC1C(C)(C)C)c1ccc(Br)cc1. The highest BCUT2D eigenvalue weighted by atomic mass is 79.9. The van der Waals surface area contributed by atoms with Crippen LogP contribution in [0.1, 0.15) is 65.0 Å². The van der Waals surface area contributed by atoms with Crippen LogP contribution in [0, 0.1) is 11.3 Å². The van der Waals surface area contributed by atoms with Crippen molar-refractivity contribution in [1.82, 2.24) is 5.32 Å². The Labute approximate surface area is 132 Å². The number of hydrogen-bond donors (Lipinski definition) is 1. The molecule has 2 rings (SSSR count). The maximum Gasteiger partial charge on any atom is 0.0294 e. The number of hydrogen-bond acceptors (Lipinski definition) is 1. The van der Waals surface area contributed by atoms with Crippen molar-refractivity contribution >= 4 is 15.9 Å². The van der Waals surface area contributed by atoms with Gasteiger partial charge in [-0.25, -0.2) is 0 Å². The minimum atomic E-state index is 0.400. The average Bonchev–Trinajstić information content (AvgIpc) is 2.38. The number of nitrogens with one attached hydrogen (secondary N) is 1. The summed E-state index contributed by atoms with van der Waals surface area (Å²) in [7, 11) is 0. The Hall–Kier alpha value is -0.340. The first-order valence-electron chi connectivity index (χ1n) is 7.89. The van der Waals surface area contributed by atoms with Crippen molar-refractivity contribution in [2.45, 2.75) is 65.5 Å². The predicted octanol–water partition coefficient (Wildman–Crippen LogP) is 5.70. The summed E-state index contributed by atoms with van der Waals surface area (Å²) < 4.78 is 1.15. The molecule has 0 aliphatic heterocycles. The summed E-state index contributed by atoms with van der Waals surface area (Å²) in [4.78, 5) is 0. The first-order valence-corrected chi connectivity index (χ1v) is 8.69. The normalized spacial score (nSPS) is 25.4. The topological polar surface area (TPSA) is 12.0 Å². The van der Waals surface area contributed by atoms with Crippen molar-refractivity contribution < 1.29 is 0 Å². The molecule has 0 radical (unpaired) electrons. The molecule has 2 heteroatoms. The summed E-state index contributed by atoms with van der Waals surface area (Å²) >= 11 is 3.51. The third-order valence-corrected chi connectivity index (χ3v) is 5.24. The summed E-state index contributed by atoms with van der Waals surface area (Å²) in [6.07, 6.45) is 5.46. The second-order valence-corrected chi connectivity index (χ2v) is 8.22. The molecule has 0 spiro atoms. The standard InChI is InChI=1S/C18H28BrN/c1-13(14-9-11-15(19)12-10-14)20-17-8-6-5-7-16(17)18(2,3)4/h9-13,16-17,20H,5-8H2,1-4H3. The van der Waals surface area contributed by atoms with Crippen LogP contribution in [0.2, 0.25) is 0 Å². The molecule has 1 nitrogen and oxygen atoms in total. The van der Waals surface area contributed by atoms with E-state index in [0.717, 1.165) is 10.4 Å². The predicted molar refractivity (Wildman–Crippen MR) is 90.9 cm³/mol. The Bertz CT molecular complexity index is 418. The summed E-state index contributed by atoms with van der Waals surface area (Å²) in [6, 6.07) is 9.79. The van der Waals surface area contributed by atoms with Crippen molar-refractivity contribution in [3.63, 3.8) is 0 Å². The molecule has 1 aromatic carbocycles. The van der Waals surface area contributed by atoms with E-state index in [1.807, 2.05) is 0 Å². The maximum absolute atomic E-state index is 3.90. The zero-order valence-electron chi connectivity index (χ0n) is 13.2. The highest BCUT2D eigenvalue weighted by Gasteiger charge is 2.34. The molecule has 0 bridgehead atoms. The van der Waals surface area contributed by atoms with E-state index in [9.17, 15) is 0 Å². The lowest BCUT2D eigenvalue weighted by atomic mass is 9.69. The summed E-state index contributed by atoms with van der Waals surface area (Å²) in [5.74, 6) is 0.786. The number of halogens is 1. The zero-order chi connectivity index (χ0) is 14.8. The molecule has 0 amide bonds. The number of rotatable bonds is 3. The van der Waals surface area contributed by atoms with Crippen molar-refractivity contribution in [3.8, 4) is 0 Å². The van der Waals surface area contributed by atoms with Gasteiger partial charge in [0.15, 0.2) is 0 Å². The summed E-state index contributed by atoms with van der Waals surface area (Å²) in [6.45, 7) is 9.46. The second-order valence-electron chi connectivity index (χ2n) is 7.30. The van der Waals surface area contributed by atoms with Gasteiger partial charge in [-0.2, -0.15) is 0 Å². The minimum absolute atomic E-state index is 0.400. The van der Waals surface area contributed by atoms with E-state index in [1.54, 1.807) is 0 Å². The molecule has 1 fully saturated rings. The summed E-state index contributed by atoms with van der Waals surface area (Å²) in [5, 5.41) is 3.90. The maximum atomic E-state index is 3.90. The Morgan fingerprint density at radius 3 is 2.30 bits per heavy atom. The molecule has 1 saturated carbocycles. The van der Waals surface area contributed by atoms with Crippen molar-refractivity contribution in [2.75, 3.05) is 0 Å². The summed E-state index contributed by atoms with van der Waals surface area (Å²) in [5.41, 5.74) is 1.78. The Morgan fingerprint density at radius 2 is 1.70 bits per heavy atom. The molecule has 3 atom stereocenters. The molecule has 0 aromatic heterocycles. The quantitative estimate of drug-likeness (QED) is 0.745. The third-order valence-electron chi connectivity index (χ3n) is 4.71. The third kappa shape index (κ3) is 4.08. The fraction of sp³-hybridized carbons (Fsp3) is 0.667. The van der Waals surface area contributed by atoms with E-state index in [0.29, 0.717) is 17.5 Å². The second kappa shape index (κ2) is 6.62. The molecule has 1 aliphatic carbocycles. The van der Waals surface area contributed by atoms with Crippen LogP contribution < -0.4 is 5.32 Å². The molecular weight excluding hydrogens is 310 g/mol. The molecule has 0 saturated heterocycles. The van der Waals surface area contributed by atoms with Crippen LogP contribution in [0.3, 0.4) is 0 Å². The molecule has 0 heterocycles. The Kier molecular flexibility index (Phi) is 5.30. The largest absolute Gasteiger partial charge is 0.307 e. The lowest BCUT2D eigenvalue weighted by molar-refractivity contribution is 0.124. The lowest BCUT2D eigenvalue weighted by Gasteiger charge is -2.42. The van der Waals surface area contributed by atoms with Crippen LogP contribution in [0.15, 0.2) is 28.7 Å². The van der Waals surface area contributed by atoms with Gasteiger partial charge in [-0.05, 0) is 48.8 Å². The van der Waals surface area contributed by atoms with Gasteiger partial charge in [0.1, 0.15) is 0 Å². The fourth-order valence-corrected chi connectivity index (χ4v) is 3.80. The molecule has 1 aromatic rings. The van der Waals surface area contributed by atoms with Gasteiger partial charge < -0.3 is 5.32 Å². The molecule has 1 N–H and O–H groups in total. The molecule has 1 aliphatic rings. The Morgan fingerprint density at radius 1 is 1.10 bits per heavy atom. The van der Waals surface area contributed by atoms with Crippen LogP contribution in [0.25, 0.3) is 0 Å². The van der Waals surface area contributed by atoms with Gasteiger partial charge >= 0.3 is 0 Å². The monoisotopic (exact) mass is 337 g/mol. The highest BCUT2D eigenvalue weighted by molar-refractivity contribution is 9.10. The lowest BCUT2D eigenvalue weighted by Crippen LogP contribution is -2.45. The number of benzene rings is 1. The fourth-order valence-electron chi connectivity index (χ4n) is 3.54. The smallest absolute Gasteiger partial charge is 0.0294 e. The molecule has 112 valence electrons. The van der Waals surface area contributed by atoms with Crippen molar-refractivity contribution in [3.05, 3.63) is 34.3 Å². The molecule has 3 unspecified atom stereocenters. The van der Waals surface area contributed by atoms with Crippen LogP contribution in [-0.2, 0) is 0 Å². The molecular formula is C18H28BrN. The average molecular weight is 338 g/mol. The minimum Gasteiger partial charge on any atom is -0.307 e. The van der Waals surface area contributed by atoms with Gasteiger partial charge in [0, 0.05) is 16.6 Å². The molecule has 20 heavy (non-hydrogen) atoms. The van der Waals surface area contributed by atoms with E-state index >= 15 is 0 Å². The van der Waals surface area contributed by atoms with Gasteiger partial charge in [0.25, 0.3) is 0 Å². The first kappa shape index (κ1) is 16.0. The van der Waals surface area contributed by atoms with E-state index in [4.69, 9.17) is 0 Å². The van der Waals surface area contributed by atoms with Crippen molar-refractivity contribution in [1.29, 1.82) is 0 Å². The van der Waals surface area contributed by atoms with E-state index < -0.39 is 0 Å². The van der Waals surface area contributed by atoms with Crippen LogP contribution in [-0.4, -0.2) is 6.04 Å². The van der Waals surface area contributed by atoms with Gasteiger partial charge in [0.2, 0.25) is 0 Å². The van der Waals surface area contributed by atoms with Gasteiger partial charge in [-0.3, -0.25) is 0 Å². The van der Waals surface area contributed by atoms with Gasteiger partial charge in [-0.1, -0.05) is 61.7 Å².